The van der Waals surface area contributed by atoms with E-state index in [1.54, 1.807) is 25.4 Å². The van der Waals surface area contributed by atoms with Gasteiger partial charge in [0.1, 0.15) is 18.2 Å². The minimum atomic E-state index is -0.182. The third kappa shape index (κ3) is 5.60. The molecule has 1 saturated carbocycles. The average molecular weight is 419 g/mol. The zero-order valence-corrected chi connectivity index (χ0v) is 17.6. The fourth-order valence-corrected chi connectivity index (χ4v) is 3.54. The number of nitrogens with zero attached hydrogens (tertiary/aromatic N) is 2. The van der Waals surface area contributed by atoms with E-state index in [0.29, 0.717) is 13.2 Å². The molecule has 6 heteroatoms. The second-order valence-electron chi connectivity index (χ2n) is 7.82. The number of aliphatic imine (C=N–C) groups is 1. The molecular formula is C25H27FN4O. The fourth-order valence-electron chi connectivity index (χ4n) is 3.54. The predicted molar refractivity (Wildman–Crippen MR) is 121 cm³/mol. The molecule has 0 bridgehead atoms. The molecular weight excluding hydrogens is 391 g/mol. The van der Waals surface area contributed by atoms with Crippen molar-refractivity contribution in [3.8, 4) is 5.75 Å². The Bertz CT molecular complexity index is 1020. The summed E-state index contributed by atoms with van der Waals surface area (Å²) in [4.78, 5) is 8.57. The van der Waals surface area contributed by atoms with Crippen LogP contribution in [0.25, 0.3) is 0 Å². The predicted octanol–water partition coefficient (Wildman–Crippen LogP) is 4.20. The van der Waals surface area contributed by atoms with Gasteiger partial charge in [0, 0.05) is 31.7 Å². The zero-order valence-electron chi connectivity index (χ0n) is 17.6. The monoisotopic (exact) mass is 418 g/mol. The molecule has 0 unspecified atom stereocenters. The van der Waals surface area contributed by atoms with Crippen LogP contribution >= 0.6 is 0 Å². The molecule has 0 atom stereocenters. The van der Waals surface area contributed by atoms with Crippen molar-refractivity contribution in [1.82, 2.24) is 15.6 Å². The fraction of sp³-hybridized carbons (Fsp3) is 0.280. The lowest BCUT2D eigenvalue weighted by Gasteiger charge is -2.19. The molecule has 0 amide bonds. The number of halogens is 1. The van der Waals surface area contributed by atoms with Crippen LogP contribution in [0.4, 0.5) is 4.39 Å². The van der Waals surface area contributed by atoms with Crippen LogP contribution in [0, 0.1) is 5.82 Å². The van der Waals surface area contributed by atoms with Gasteiger partial charge >= 0.3 is 0 Å². The molecule has 3 aromatic rings. The average Bonchev–Trinajstić information content (AvgIpc) is 3.60. The summed E-state index contributed by atoms with van der Waals surface area (Å²) in [7, 11) is 1.76. The second kappa shape index (κ2) is 9.60. The summed E-state index contributed by atoms with van der Waals surface area (Å²) < 4.78 is 19.4. The molecule has 160 valence electrons. The van der Waals surface area contributed by atoms with Crippen LogP contribution in [0.2, 0.25) is 0 Å². The van der Waals surface area contributed by atoms with Crippen molar-refractivity contribution in [2.45, 2.75) is 31.4 Å². The van der Waals surface area contributed by atoms with E-state index < -0.39 is 0 Å². The highest BCUT2D eigenvalue weighted by Gasteiger charge is 2.44. The molecule has 5 nitrogen and oxygen atoms in total. The van der Waals surface area contributed by atoms with E-state index in [0.717, 1.165) is 47.9 Å². The van der Waals surface area contributed by atoms with Crippen molar-refractivity contribution >= 4 is 5.96 Å². The summed E-state index contributed by atoms with van der Waals surface area (Å²) in [6.07, 6.45) is 3.87. The van der Waals surface area contributed by atoms with Gasteiger partial charge in [0.15, 0.2) is 5.96 Å². The summed E-state index contributed by atoms with van der Waals surface area (Å²) in [6.45, 7) is 1.83. The van der Waals surface area contributed by atoms with Crippen molar-refractivity contribution in [2.24, 2.45) is 4.99 Å². The highest BCUT2D eigenvalue weighted by atomic mass is 19.1. The van der Waals surface area contributed by atoms with E-state index in [-0.39, 0.29) is 11.2 Å². The van der Waals surface area contributed by atoms with Gasteiger partial charge in [0.2, 0.25) is 0 Å². The Hall–Kier alpha value is -3.41. The Balaban J connectivity index is 1.25. The second-order valence-corrected chi connectivity index (χ2v) is 7.82. The molecule has 1 heterocycles. The third-order valence-corrected chi connectivity index (χ3v) is 5.60. The van der Waals surface area contributed by atoms with Crippen LogP contribution in [0.3, 0.4) is 0 Å². The van der Waals surface area contributed by atoms with E-state index in [9.17, 15) is 4.39 Å². The van der Waals surface area contributed by atoms with Gasteiger partial charge in [-0.25, -0.2) is 4.39 Å². The summed E-state index contributed by atoms with van der Waals surface area (Å²) >= 11 is 0. The summed E-state index contributed by atoms with van der Waals surface area (Å²) in [5, 5.41) is 6.74. The molecule has 2 aromatic carbocycles. The van der Waals surface area contributed by atoms with Crippen LogP contribution in [-0.4, -0.2) is 24.5 Å². The lowest BCUT2D eigenvalue weighted by molar-refractivity contribution is 0.301. The van der Waals surface area contributed by atoms with Gasteiger partial charge in [-0.05, 0) is 60.4 Å². The Morgan fingerprint density at radius 1 is 1.06 bits per heavy atom. The quantitative estimate of drug-likeness (QED) is 0.425. The number of guanidine groups is 1. The van der Waals surface area contributed by atoms with Crippen molar-refractivity contribution < 1.29 is 9.13 Å². The number of ether oxygens (including phenoxy) is 1. The number of rotatable bonds is 8. The number of nitrogens with one attached hydrogen (secondary N) is 2. The molecule has 0 radical (unpaired) electrons. The van der Waals surface area contributed by atoms with Crippen molar-refractivity contribution in [2.75, 3.05) is 13.6 Å². The van der Waals surface area contributed by atoms with Gasteiger partial charge in [0.25, 0.3) is 0 Å². The molecule has 4 rings (SSSR count). The van der Waals surface area contributed by atoms with E-state index in [4.69, 9.17) is 4.74 Å². The molecule has 1 aliphatic rings. The molecule has 1 fully saturated rings. The summed E-state index contributed by atoms with van der Waals surface area (Å²) in [5.74, 6) is 1.36. The molecule has 31 heavy (non-hydrogen) atoms. The van der Waals surface area contributed by atoms with Crippen LogP contribution < -0.4 is 15.4 Å². The summed E-state index contributed by atoms with van der Waals surface area (Å²) in [6, 6.07) is 20.7. The Morgan fingerprint density at radius 3 is 2.58 bits per heavy atom. The highest BCUT2D eigenvalue weighted by molar-refractivity contribution is 5.79. The van der Waals surface area contributed by atoms with Crippen LogP contribution in [0.1, 0.15) is 29.7 Å². The lowest BCUT2D eigenvalue weighted by Crippen LogP contribution is -2.40. The first-order chi connectivity index (χ1) is 15.2. The molecule has 1 aromatic heterocycles. The number of pyridine rings is 1. The van der Waals surface area contributed by atoms with Crippen molar-refractivity contribution in [3.05, 3.63) is 95.6 Å². The minimum Gasteiger partial charge on any atom is -0.487 e. The van der Waals surface area contributed by atoms with Crippen LogP contribution in [0.5, 0.6) is 5.75 Å². The highest BCUT2D eigenvalue weighted by Crippen LogP contribution is 2.47. The number of benzene rings is 2. The number of hydrogen-bond acceptors (Lipinski definition) is 3. The topological polar surface area (TPSA) is 58.5 Å². The van der Waals surface area contributed by atoms with Gasteiger partial charge in [-0.15, -0.1) is 0 Å². The van der Waals surface area contributed by atoms with E-state index >= 15 is 0 Å². The molecule has 0 saturated heterocycles. The number of hydrogen-bond donors (Lipinski definition) is 2. The van der Waals surface area contributed by atoms with Gasteiger partial charge in [-0.1, -0.05) is 30.3 Å². The van der Waals surface area contributed by atoms with Gasteiger partial charge in [-0.2, -0.15) is 0 Å². The maximum atomic E-state index is 13.6. The molecule has 1 aliphatic carbocycles. The Labute approximate surface area is 182 Å². The molecule has 0 spiro atoms. The standard InChI is InChI=1S/C25H27FN4O/c1-27-24(30-18-25(12-13-25)20-5-4-6-21(26)15-20)29-16-19-8-10-23(11-9-19)31-17-22-7-2-3-14-28-22/h2-11,14-15H,12-13,16-18H2,1H3,(H2,27,29,30). The smallest absolute Gasteiger partial charge is 0.191 e. The summed E-state index contributed by atoms with van der Waals surface area (Å²) in [5.41, 5.74) is 3.08. The van der Waals surface area contributed by atoms with Crippen LogP contribution in [0.15, 0.2) is 77.9 Å². The van der Waals surface area contributed by atoms with Gasteiger partial charge in [-0.3, -0.25) is 9.98 Å². The Morgan fingerprint density at radius 2 is 1.90 bits per heavy atom. The lowest BCUT2D eigenvalue weighted by atomic mass is 9.96. The first kappa shape index (κ1) is 20.8. The minimum absolute atomic E-state index is 0.00627. The zero-order chi connectivity index (χ0) is 21.5. The van der Waals surface area contributed by atoms with Crippen LogP contribution in [-0.2, 0) is 18.6 Å². The van der Waals surface area contributed by atoms with Gasteiger partial charge in [0.05, 0.1) is 5.69 Å². The first-order valence-corrected chi connectivity index (χ1v) is 10.5. The maximum Gasteiger partial charge on any atom is 0.191 e. The van der Waals surface area contributed by atoms with Crippen molar-refractivity contribution in [3.63, 3.8) is 0 Å². The number of aromatic nitrogens is 1. The van der Waals surface area contributed by atoms with Gasteiger partial charge < -0.3 is 15.4 Å². The SMILES string of the molecule is CN=C(NCc1ccc(OCc2ccccn2)cc1)NCC1(c2cccc(F)c2)CC1. The largest absolute Gasteiger partial charge is 0.487 e. The first-order valence-electron chi connectivity index (χ1n) is 10.5. The van der Waals surface area contributed by atoms with Crippen molar-refractivity contribution in [1.29, 1.82) is 0 Å². The molecule has 0 aliphatic heterocycles. The van der Waals surface area contributed by atoms with E-state index in [2.05, 4.69) is 20.6 Å². The van der Waals surface area contributed by atoms with E-state index in [1.165, 1.54) is 6.07 Å². The maximum absolute atomic E-state index is 13.6. The Kier molecular flexibility index (Phi) is 6.46. The third-order valence-electron chi connectivity index (χ3n) is 5.60. The normalized spacial score (nSPS) is 14.7. The van der Waals surface area contributed by atoms with E-state index in [1.807, 2.05) is 48.5 Å². The molecule has 2 N–H and O–H groups in total.